The molecule has 2 heterocycles. The average molecular weight is 1030 g/mol. The van der Waals surface area contributed by atoms with Gasteiger partial charge in [-0.1, -0.05) is 47.6 Å². The molecule has 3 saturated carbocycles. The first-order valence-corrected chi connectivity index (χ1v) is 26.5. The number of hydrogen-bond donors (Lipinski definition) is 8. The first-order chi connectivity index (χ1) is 32.8. The van der Waals surface area contributed by atoms with E-state index in [2.05, 4.69) is 5.32 Å². The molecule has 18 heteroatoms. The number of nitrogens with zero attached hydrogens (tertiary/aromatic N) is 2. The number of carbonyl (C=O) groups is 3. The summed E-state index contributed by atoms with van der Waals surface area (Å²) >= 11 is 7.53. The normalized spacial score (nSPS) is 50.2. The molecule has 6 aliphatic rings. The number of rotatable bonds is 9. The number of aliphatic hydroxyl groups excluding tert-OH is 4. The summed E-state index contributed by atoms with van der Waals surface area (Å²) in [5.74, 6) is -5.90. The zero-order chi connectivity index (χ0) is 53.3. The van der Waals surface area contributed by atoms with Crippen molar-refractivity contribution in [1.82, 2.24) is 15.1 Å². The molecule has 6 rings (SSSR count). The second-order valence-electron chi connectivity index (χ2n) is 24.0. The lowest BCUT2D eigenvalue weighted by molar-refractivity contribution is -0.299. The topological polar surface area (TPSA) is 239 Å². The predicted molar refractivity (Wildman–Crippen MR) is 264 cm³/mol. The van der Waals surface area contributed by atoms with Gasteiger partial charge >= 0.3 is 5.97 Å². The molecule has 2 saturated heterocycles. The number of aliphatic hydroxyl groups is 7. The van der Waals surface area contributed by atoms with E-state index in [1.165, 1.54) is 26.0 Å². The molecule has 71 heavy (non-hydrogen) atoms. The molecule has 0 aromatic rings. The summed E-state index contributed by atoms with van der Waals surface area (Å²) in [5, 5.41) is 87.5. The Labute approximate surface area is 425 Å². The van der Waals surface area contributed by atoms with Crippen LogP contribution in [0.15, 0.2) is 23.8 Å². The second-order valence-corrected chi connectivity index (χ2v) is 24.7. The van der Waals surface area contributed by atoms with E-state index >= 15 is 4.39 Å². The van der Waals surface area contributed by atoms with Crippen LogP contribution < -0.4 is 5.32 Å². The highest BCUT2D eigenvalue weighted by Crippen LogP contribution is 2.71. The van der Waals surface area contributed by atoms with Crippen molar-refractivity contribution in [2.24, 2.45) is 46.3 Å². The van der Waals surface area contributed by atoms with Crippen molar-refractivity contribution < 1.29 is 68.7 Å². The summed E-state index contributed by atoms with van der Waals surface area (Å²) in [6, 6.07) is -1.11. The van der Waals surface area contributed by atoms with Gasteiger partial charge in [0.05, 0.1) is 40.8 Å². The highest BCUT2D eigenvalue weighted by Gasteiger charge is 2.76. The third-order valence-electron chi connectivity index (χ3n) is 18.8. The smallest absolute Gasteiger partial charge is 0.311 e. The van der Waals surface area contributed by atoms with E-state index < -0.39 is 129 Å². The highest BCUT2D eigenvalue weighted by atomic mass is 35.5. The number of fused-ring (bicyclic) bond motifs is 5. The number of amides is 1. The van der Waals surface area contributed by atoms with Crippen LogP contribution in [0, 0.1) is 46.3 Å². The lowest BCUT2D eigenvalue weighted by Crippen LogP contribution is -2.70. The number of cyclic esters (lactones) is 1. The number of esters is 1. The van der Waals surface area contributed by atoms with E-state index in [0.29, 0.717) is 19.3 Å². The van der Waals surface area contributed by atoms with Crippen LogP contribution in [0.2, 0.25) is 0 Å². The molecule has 4 unspecified atom stereocenters. The van der Waals surface area contributed by atoms with Crippen LogP contribution in [0.4, 0.5) is 4.39 Å². The maximum absolute atomic E-state index is 16.2. The second kappa shape index (κ2) is 21.1. The van der Waals surface area contributed by atoms with Gasteiger partial charge in [-0.05, 0) is 135 Å². The maximum Gasteiger partial charge on any atom is 0.311 e. The van der Waals surface area contributed by atoms with Gasteiger partial charge in [0.1, 0.15) is 30.1 Å². The fourth-order valence-electron chi connectivity index (χ4n) is 14.5. The standard InChI is InChI=1S/C53H87ClFN3O13/c1-14-40-51(11,67)43(63)32(7)58(26-27(2)24-50(10,66)44(30(5)41(61)31(6)45(64)70-40)71-46-42(62)38(57(12)13)21-29(4)69-46)19-15-18-56-47(65)53(68)28(3)20-34-35-23-37(55)36-22-33(59)16-17-48(36,8)52(35,54)39(60)25-49(34,53)9/h16-17,22,27-32,34-35,37-44,46,60-63,66-68H,14-15,18-21,23-26H2,1-13H3,(H,56,65)/t27-,28-,29-,30+,31-,32-,34?,35?,37+,38-,39+,40-,41+,42?,43-,44?,46+,48+,49+,50-,51-,52+,53+/m1/s1. The fraction of sp³-hybridized carbons (Fsp3) is 0.868. The minimum Gasteiger partial charge on any atom is -0.459 e. The number of hydrogen-bond acceptors (Lipinski definition) is 15. The number of allylic oxidation sites excluding steroid dienone is 4. The van der Waals surface area contributed by atoms with Crippen LogP contribution in [0.5, 0.6) is 0 Å². The summed E-state index contributed by atoms with van der Waals surface area (Å²) in [6.07, 6.45) is -5.12. The van der Waals surface area contributed by atoms with Crippen molar-refractivity contribution in [1.29, 1.82) is 0 Å². The average Bonchev–Trinajstić information content (AvgIpc) is 3.49. The largest absolute Gasteiger partial charge is 0.459 e. The Kier molecular flexibility index (Phi) is 17.3. The van der Waals surface area contributed by atoms with Gasteiger partial charge in [0, 0.05) is 48.5 Å². The molecule has 5 fully saturated rings. The van der Waals surface area contributed by atoms with Crippen molar-refractivity contribution in [2.75, 3.05) is 33.7 Å². The Morgan fingerprint density at radius 1 is 0.958 bits per heavy atom. The highest BCUT2D eigenvalue weighted by molar-refractivity contribution is 6.26. The molecule has 23 atom stereocenters. The molecule has 0 radical (unpaired) electrons. The lowest BCUT2D eigenvalue weighted by atomic mass is 9.45. The quantitative estimate of drug-likeness (QED) is 0.0939. The van der Waals surface area contributed by atoms with E-state index in [-0.39, 0.29) is 74.7 Å². The first-order valence-electron chi connectivity index (χ1n) is 26.1. The summed E-state index contributed by atoms with van der Waals surface area (Å²) in [6.45, 7) is 19.3. The van der Waals surface area contributed by atoms with Crippen molar-refractivity contribution in [3.8, 4) is 0 Å². The van der Waals surface area contributed by atoms with Gasteiger partial charge in [0.2, 0.25) is 0 Å². The monoisotopic (exact) mass is 1030 g/mol. The Morgan fingerprint density at radius 3 is 2.23 bits per heavy atom. The van der Waals surface area contributed by atoms with Gasteiger partial charge in [-0.2, -0.15) is 0 Å². The van der Waals surface area contributed by atoms with Gasteiger partial charge in [-0.3, -0.25) is 19.3 Å². The number of nitrogens with one attached hydrogen (secondary N) is 1. The van der Waals surface area contributed by atoms with E-state index in [1.807, 2.05) is 37.7 Å². The van der Waals surface area contributed by atoms with Gasteiger partial charge in [0.15, 0.2) is 17.7 Å². The Balaban J connectivity index is 1.23. The third kappa shape index (κ3) is 10.1. The van der Waals surface area contributed by atoms with Crippen LogP contribution >= 0.6 is 11.6 Å². The Hall–Kier alpha value is -2.13. The Morgan fingerprint density at radius 2 is 1.61 bits per heavy atom. The molecule has 0 bridgehead atoms. The number of ketones is 1. The molecule has 4 aliphatic carbocycles. The number of alkyl halides is 2. The summed E-state index contributed by atoms with van der Waals surface area (Å²) in [4.78, 5) is 43.1. The molecular formula is C53H87ClFN3O13. The van der Waals surface area contributed by atoms with Crippen LogP contribution in [0.3, 0.4) is 0 Å². The van der Waals surface area contributed by atoms with Crippen LogP contribution in [0.1, 0.15) is 121 Å². The fourth-order valence-corrected chi connectivity index (χ4v) is 15.0. The molecule has 0 aromatic carbocycles. The zero-order valence-corrected chi connectivity index (χ0v) is 45.1. The maximum atomic E-state index is 16.2. The first kappa shape index (κ1) is 58.1. The van der Waals surface area contributed by atoms with Crippen LogP contribution in [-0.2, 0) is 28.6 Å². The Bertz CT molecular complexity index is 2010. The summed E-state index contributed by atoms with van der Waals surface area (Å²) < 4.78 is 34.7. The number of likely N-dealkylation sites (N-methyl/N-ethyl adjacent to an activating group) is 1. The van der Waals surface area contributed by atoms with Crippen LogP contribution in [-0.4, -0.2) is 186 Å². The third-order valence-corrected chi connectivity index (χ3v) is 19.7. The predicted octanol–water partition coefficient (Wildman–Crippen LogP) is 3.42. The van der Waals surface area contributed by atoms with Crippen molar-refractivity contribution in [3.63, 3.8) is 0 Å². The van der Waals surface area contributed by atoms with Gasteiger partial charge in [0.25, 0.3) is 5.91 Å². The van der Waals surface area contributed by atoms with E-state index in [9.17, 15) is 50.1 Å². The lowest BCUT2D eigenvalue weighted by Gasteiger charge is -2.64. The number of ether oxygens (including phenoxy) is 3. The zero-order valence-electron chi connectivity index (χ0n) is 44.3. The van der Waals surface area contributed by atoms with E-state index in [1.54, 1.807) is 54.5 Å². The van der Waals surface area contributed by atoms with Crippen molar-refractivity contribution >= 4 is 29.3 Å². The van der Waals surface area contributed by atoms with E-state index in [0.717, 1.165) is 0 Å². The molecular weight excluding hydrogens is 941 g/mol. The minimum absolute atomic E-state index is 0.0427. The van der Waals surface area contributed by atoms with Crippen molar-refractivity contribution in [3.05, 3.63) is 23.8 Å². The molecule has 8 N–H and O–H groups in total. The van der Waals surface area contributed by atoms with Gasteiger partial charge < -0.3 is 60.2 Å². The number of carbonyl (C=O) groups excluding carboxylic acids is 3. The number of halogens is 2. The molecule has 0 aromatic heterocycles. The van der Waals surface area contributed by atoms with Gasteiger partial charge in [-0.25, -0.2) is 4.39 Å². The molecule has 1 amide bonds. The van der Waals surface area contributed by atoms with E-state index in [4.69, 9.17) is 25.8 Å². The molecule has 406 valence electrons. The molecule has 2 aliphatic heterocycles. The minimum atomic E-state index is -1.97. The summed E-state index contributed by atoms with van der Waals surface area (Å²) in [7, 11) is 3.69. The van der Waals surface area contributed by atoms with Gasteiger partial charge in [-0.15, -0.1) is 11.6 Å². The van der Waals surface area contributed by atoms with Crippen molar-refractivity contribution in [2.45, 2.75) is 210 Å². The van der Waals surface area contributed by atoms with Crippen LogP contribution in [0.25, 0.3) is 0 Å². The SMILES string of the molecule is CC[C@H]1OC(=O)[C@H](C)[C@@H](O)[C@H](C)C(O[C@@H]2O[C@H](C)C[C@@H](N(C)C)C2O)[C@](C)(O)C[C@@H](C)CN(CCCNC(=O)[C@@]2(O)[C@H](C)CC3C4C[C@H](F)C5=CC(=O)C=C[C@]5(C)[C@@]4(Cl)[C@@H](O)C[C@@]32C)[C@H](C)[C@@H](O)[C@]1(C)O. The molecule has 0 spiro atoms. The summed E-state index contributed by atoms with van der Waals surface area (Å²) in [5.41, 5.74) is -7.78. The molecule has 16 nitrogen and oxygen atoms in total.